The third-order valence-electron chi connectivity index (χ3n) is 5.90. The topological polar surface area (TPSA) is 20.2 Å². The number of rotatable bonds is 3. The molecule has 0 aromatic rings. The maximum atomic E-state index is 8.99. The van der Waals surface area contributed by atoms with E-state index in [0.717, 1.165) is 36.0 Å². The molecule has 0 radical (unpaired) electrons. The second kappa shape index (κ2) is 4.33. The van der Waals surface area contributed by atoms with Crippen LogP contribution in [0.15, 0.2) is 0 Å². The Morgan fingerprint density at radius 1 is 1.19 bits per heavy atom. The first-order chi connectivity index (χ1) is 7.50. The lowest BCUT2D eigenvalue weighted by Gasteiger charge is -2.63. The minimum Gasteiger partial charge on any atom is -0.396 e. The van der Waals surface area contributed by atoms with E-state index in [0.29, 0.717) is 12.0 Å². The summed E-state index contributed by atoms with van der Waals surface area (Å²) in [4.78, 5) is 0. The third-order valence-corrected chi connectivity index (χ3v) is 5.90. The van der Waals surface area contributed by atoms with Gasteiger partial charge in [-0.25, -0.2) is 0 Å². The van der Waals surface area contributed by atoms with Crippen molar-refractivity contribution in [3.8, 4) is 0 Å². The van der Waals surface area contributed by atoms with E-state index < -0.39 is 0 Å². The van der Waals surface area contributed by atoms with Gasteiger partial charge in [0.2, 0.25) is 0 Å². The van der Waals surface area contributed by atoms with Crippen molar-refractivity contribution in [2.24, 2.45) is 35.0 Å². The lowest BCUT2D eigenvalue weighted by Crippen LogP contribution is -2.57. The summed E-state index contributed by atoms with van der Waals surface area (Å²) in [5.74, 6) is 4.52. The Morgan fingerprint density at radius 3 is 2.44 bits per heavy atom. The summed E-state index contributed by atoms with van der Waals surface area (Å²) in [5.41, 5.74) is 0.608. The highest BCUT2D eigenvalue weighted by atomic mass is 16.2. The van der Waals surface area contributed by atoms with Gasteiger partial charge in [-0.2, -0.15) is 0 Å². The maximum Gasteiger partial charge on any atom is 0.0431 e. The van der Waals surface area contributed by atoms with E-state index >= 15 is 0 Å². The van der Waals surface area contributed by atoms with E-state index in [1.807, 2.05) is 0 Å². The standard InChI is InChI=1S/C15H28O/c1-10-8-13(6-5-7-16)12(3)15(4)9-11(2)14(10)15/h10-14,16H,5-9H2,1-4H3/t10?,11?,12-,13?,14?,15?/m1/s1. The Hall–Kier alpha value is -0.0400. The molecular formula is C15H28O. The van der Waals surface area contributed by atoms with Crippen LogP contribution in [0.5, 0.6) is 0 Å². The Morgan fingerprint density at radius 2 is 1.88 bits per heavy atom. The zero-order valence-electron chi connectivity index (χ0n) is 11.4. The molecular weight excluding hydrogens is 196 g/mol. The molecule has 1 heteroatoms. The fraction of sp³-hybridized carbons (Fsp3) is 1.00. The molecule has 2 aliphatic rings. The van der Waals surface area contributed by atoms with E-state index in [4.69, 9.17) is 5.11 Å². The van der Waals surface area contributed by atoms with Crippen LogP contribution in [0.4, 0.5) is 0 Å². The number of aliphatic hydroxyl groups excluding tert-OH is 1. The predicted molar refractivity (Wildman–Crippen MR) is 68.1 cm³/mol. The van der Waals surface area contributed by atoms with Crippen molar-refractivity contribution in [2.45, 2.75) is 53.4 Å². The van der Waals surface area contributed by atoms with Gasteiger partial charge in [-0.1, -0.05) is 27.7 Å². The maximum absolute atomic E-state index is 8.99. The van der Waals surface area contributed by atoms with Gasteiger partial charge in [0.1, 0.15) is 0 Å². The van der Waals surface area contributed by atoms with Crippen LogP contribution in [0.1, 0.15) is 53.4 Å². The molecule has 94 valence electrons. The normalized spacial score (nSPS) is 51.9. The molecule has 0 aromatic carbocycles. The minimum absolute atomic E-state index is 0.369. The molecule has 2 rings (SSSR count). The molecule has 0 heterocycles. The van der Waals surface area contributed by atoms with Gasteiger partial charge in [0.15, 0.2) is 0 Å². The van der Waals surface area contributed by atoms with Crippen molar-refractivity contribution in [1.82, 2.24) is 0 Å². The number of hydrogen-bond donors (Lipinski definition) is 1. The molecule has 1 nitrogen and oxygen atoms in total. The zero-order valence-corrected chi connectivity index (χ0v) is 11.4. The van der Waals surface area contributed by atoms with Gasteiger partial charge in [-0.3, -0.25) is 0 Å². The number of aliphatic hydroxyl groups is 1. The van der Waals surface area contributed by atoms with Crippen LogP contribution in [-0.4, -0.2) is 11.7 Å². The summed E-state index contributed by atoms with van der Waals surface area (Å²) in [6.45, 7) is 10.2. The average molecular weight is 224 g/mol. The van der Waals surface area contributed by atoms with Crippen LogP contribution in [0, 0.1) is 35.0 Å². The van der Waals surface area contributed by atoms with Gasteiger partial charge in [0.05, 0.1) is 0 Å². The first-order valence-corrected chi connectivity index (χ1v) is 7.11. The molecule has 2 fully saturated rings. The molecule has 0 bridgehead atoms. The smallest absolute Gasteiger partial charge is 0.0431 e. The summed E-state index contributed by atoms with van der Waals surface area (Å²) >= 11 is 0. The quantitative estimate of drug-likeness (QED) is 0.774. The Balaban J connectivity index is 2.06. The first kappa shape index (κ1) is 12.4. The molecule has 0 saturated heterocycles. The van der Waals surface area contributed by atoms with Gasteiger partial charge in [-0.05, 0) is 60.7 Å². The van der Waals surface area contributed by atoms with E-state index in [9.17, 15) is 0 Å². The van der Waals surface area contributed by atoms with E-state index in [1.54, 1.807) is 0 Å². The Labute approximate surface area is 101 Å². The second-order valence-corrected chi connectivity index (χ2v) is 6.84. The number of hydrogen-bond acceptors (Lipinski definition) is 1. The largest absolute Gasteiger partial charge is 0.396 e. The lowest BCUT2D eigenvalue weighted by molar-refractivity contribution is -0.149. The van der Waals surface area contributed by atoms with Crippen molar-refractivity contribution in [3.63, 3.8) is 0 Å². The highest BCUT2D eigenvalue weighted by Crippen LogP contribution is 2.64. The predicted octanol–water partition coefficient (Wildman–Crippen LogP) is 3.71. The molecule has 2 aliphatic carbocycles. The first-order valence-electron chi connectivity index (χ1n) is 7.11. The fourth-order valence-electron chi connectivity index (χ4n) is 5.23. The molecule has 6 atom stereocenters. The molecule has 2 saturated carbocycles. The minimum atomic E-state index is 0.369. The van der Waals surface area contributed by atoms with Crippen molar-refractivity contribution in [1.29, 1.82) is 0 Å². The summed E-state index contributed by atoms with van der Waals surface area (Å²) in [6, 6.07) is 0. The van der Waals surface area contributed by atoms with E-state index in [2.05, 4.69) is 27.7 Å². The van der Waals surface area contributed by atoms with Gasteiger partial charge in [-0.15, -0.1) is 0 Å². The number of fused-ring (bicyclic) bond motifs is 1. The van der Waals surface area contributed by atoms with E-state index in [1.165, 1.54) is 19.3 Å². The Bertz CT molecular complexity index is 250. The monoisotopic (exact) mass is 224 g/mol. The van der Waals surface area contributed by atoms with Crippen LogP contribution in [0.3, 0.4) is 0 Å². The van der Waals surface area contributed by atoms with Gasteiger partial charge in [0, 0.05) is 6.61 Å². The van der Waals surface area contributed by atoms with Crippen molar-refractivity contribution < 1.29 is 5.11 Å². The second-order valence-electron chi connectivity index (χ2n) is 6.84. The zero-order chi connectivity index (χ0) is 11.9. The molecule has 0 amide bonds. The van der Waals surface area contributed by atoms with Crippen LogP contribution in [-0.2, 0) is 0 Å². The van der Waals surface area contributed by atoms with Crippen LogP contribution in [0.25, 0.3) is 0 Å². The average Bonchev–Trinajstić information content (AvgIpc) is 2.20. The SMILES string of the molecule is CC1CC(CCCO)[C@@H](C)C2(C)CC(C)C12. The molecule has 0 aromatic heterocycles. The molecule has 0 aliphatic heterocycles. The third kappa shape index (κ3) is 1.72. The highest BCUT2D eigenvalue weighted by molar-refractivity contribution is 5.06. The van der Waals surface area contributed by atoms with Gasteiger partial charge < -0.3 is 5.11 Å². The fourth-order valence-corrected chi connectivity index (χ4v) is 5.23. The summed E-state index contributed by atoms with van der Waals surface area (Å²) in [5, 5.41) is 8.99. The van der Waals surface area contributed by atoms with Gasteiger partial charge >= 0.3 is 0 Å². The Kier molecular flexibility index (Phi) is 3.36. The summed E-state index contributed by atoms with van der Waals surface area (Å²) in [7, 11) is 0. The van der Waals surface area contributed by atoms with E-state index in [-0.39, 0.29) is 0 Å². The van der Waals surface area contributed by atoms with Crippen molar-refractivity contribution >= 4 is 0 Å². The molecule has 1 N–H and O–H groups in total. The van der Waals surface area contributed by atoms with Crippen LogP contribution < -0.4 is 0 Å². The molecule has 0 spiro atoms. The van der Waals surface area contributed by atoms with Crippen LogP contribution >= 0.6 is 0 Å². The summed E-state index contributed by atoms with van der Waals surface area (Å²) in [6.07, 6.45) is 5.06. The lowest BCUT2D eigenvalue weighted by atomic mass is 9.41. The molecule has 16 heavy (non-hydrogen) atoms. The van der Waals surface area contributed by atoms with Crippen molar-refractivity contribution in [2.75, 3.05) is 6.61 Å². The van der Waals surface area contributed by atoms with Gasteiger partial charge in [0.25, 0.3) is 0 Å². The van der Waals surface area contributed by atoms with Crippen LogP contribution in [0.2, 0.25) is 0 Å². The van der Waals surface area contributed by atoms with Crippen molar-refractivity contribution in [3.05, 3.63) is 0 Å². The summed E-state index contributed by atoms with van der Waals surface area (Å²) < 4.78 is 0. The molecule has 5 unspecified atom stereocenters. The highest BCUT2D eigenvalue weighted by Gasteiger charge is 2.57.